The number of benzene rings is 3. The van der Waals surface area contributed by atoms with E-state index < -0.39 is 7.05 Å². The Hall–Kier alpha value is -3.63. The highest BCUT2D eigenvalue weighted by molar-refractivity contribution is 7.87. The minimum absolute atomic E-state index is 0.590. The Balaban J connectivity index is 1.89. The van der Waals surface area contributed by atoms with Crippen LogP contribution in [-0.4, -0.2) is 25.3 Å². The predicted molar refractivity (Wildman–Crippen MR) is 116 cm³/mol. The van der Waals surface area contributed by atoms with Crippen molar-refractivity contribution in [3.05, 3.63) is 103 Å². The Labute approximate surface area is 167 Å². The maximum Gasteiger partial charge on any atom is 0.200 e. The summed E-state index contributed by atoms with van der Waals surface area (Å²) < 4.78 is 6.73. The number of hydrogen-bond acceptors (Lipinski definition) is 5. The molecule has 2 aromatic heterocycles. The molecule has 7 heteroatoms. The average Bonchev–Trinajstić information content (AvgIpc) is 3.27. The van der Waals surface area contributed by atoms with Gasteiger partial charge in [0.05, 0.1) is 7.05 Å². The molecular formula is C22H17N6P. The Kier molecular flexibility index (Phi) is 4.47. The van der Waals surface area contributed by atoms with Gasteiger partial charge in [0.25, 0.3) is 0 Å². The van der Waals surface area contributed by atoms with Crippen LogP contribution < -0.4 is 15.9 Å². The van der Waals surface area contributed by atoms with Crippen LogP contribution in [-0.2, 0) is 0 Å². The molecule has 0 radical (unpaired) electrons. The van der Waals surface area contributed by atoms with Gasteiger partial charge in [-0.2, -0.15) is 0 Å². The zero-order chi connectivity index (χ0) is 19.5. The van der Waals surface area contributed by atoms with Crippen LogP contribution in [0.15, 0.2) is 108 Å². The van der Waals surface area contributed by atoms with Gasteiger partial charge >= 0.3 is 0 Å². The lowest BCUT2D eigenvalue weighted by atomic mass is 10.4. The zero-order valence-electron chi connectivity index (χ0n) is 15.4. The molecule has 0 N–H and O–H groups in total. The van der Waals surface area contributed by atoms with Crippen LogP contribution in [0.5, 0.6) is 0 Å². The van der Waals surface area contributed by atoms with Gasteiger partial charge in [0.2, 0.25) is 0 Å². The second-order valence-corrected chi connectivity index (χ2v) is 9.48. The van der Waals surface area contributed by atoms with Gasteiger partial charge in [0.15, 0.2) is 11.5 Å². The summed E-state index contributed by atoms with van der Waals surface area (Å²) in [4.78, 5) is 0. The van der Waals surface area contributed by atoms with Crippen molar-refractivity contribution in [2.75, 3.05) is 0 Å². The van der Waals surface area contributed by atoms with Crippen LogP contribution in [0, 0.1) is 0 Å². The van der Waals surface area contributed by atoms with Crippen LogP contribution in [0.25, 0.3) is 5.65 Å². The Bertz CT molecular complexity index is 1200. The predicted octanol–water partition coefficient (Wildman–Crippen LogP) is 3.33. The summed E-state index contributed by atoms with van der Waals surface area (Å²) in [5.41, 5.74) is 0.590. The van der Waals surface area contributed by atoms with Crippen molar-refractivity contribution in [1.82, 2.24) is 25.3 Å². The summed E-state index contributed by atoms with van der Waals surface area (Å²) in [6.07, 6.45) is 0. The van der Waals surface area contributed by atoms with Crippen LogP contribution in [0.2, 0.25) is 0 Å². The van der Waals surface area contributed by atoms with Crippen molar-refractivity contribution in [2.45, 2.75) is 0 Å². The van der Waals surface area contributed by atoms with Crippen molar-refractivity contribution < 1.29 is 0 Å². The lowest BCUT2D eigenvalue weighted by molar-refractivity contribution is 0.735. The third-order valence-electron chi connectivity index (χ3n) is 4.70. The van der Waals surface area contributed by atoms with Crippen molar-refractivity contribution in [3.63, 3.8) is 0 Å². The summed E-state index contributed by atoms with van der Waals surface area (Å²) in [7, 11) is -2.35. The maximum absolute atomic E-state index is 5.31. The molecule has 5 aromatic rings. The average molecular weight is 396 g/mol. The van der Waals surface area contributed by atoms with Crippen LogP contribution in [0.1, 0.15) is 0 Å². The molecule has 0 saturated heterocycles. The van der Waals surface area contributed by atoms with Crippen molar-refractivity contribution >= 4 is 34.4 Å². The Morgan fingerprint density at radius 1 is 0.621 bits per heavy atom. The SMILES string of the molecule is c1ccc(P(=Nc2ccc3nnnn3n2)(c2ccccc2)c2ccccc2)cc1. The van der Waals surface area contributed by atoms with Gasteiger partial charge in [0, 0.05) is 15.9 Å². The Morgan fingerprint density at radius 3 is 1.66 bits per heavy atom. The van der Waals surface area contributed by atoms with Gasteiger partial charge in [0.1, 0.15) is 0 Å². The molecule has 0 fully saturated rings. The first-order valence-electron chi connectivity index (χ1n) is 9.21. The fraction of sp³-hybridized carbons (Fsp3) is 0. The number of hydrogen-bond donors (Lipinski definition) is 0. The molecule has 0 bridgehead atoms. The summed E-state index contributed by atoms with van der Waals surface area (Å²) in [6.45, 7) is 0. The molecule has 5 rings (SSSR count). The molecule has 2 heterocycles. The van der Waals surface area contributed by atoms with Crippen LogP contribution in [0.3, 0.4) is 0 Å². The molecule has 0 unspecified atom stereocenters. The van der Waals surface area contributed by atoms with Gasteiger partial charge in [-0.25, -0.2) is 4.74 Å². The summed E-state index contributed by atoms with van der Waals surface area (Å²) >= 11 is 0. The van der Waals surface area contributed by atoms with Gasteiger partial charge in [-0.05, 0) is 22.6 Å². The molecule has 0 saturated carbocycles. The lowest BCUT2D eigenvalue weighted by Gasteiger charge is -2.26. The van der Waals surface area contributed by atoms with E-state index in [9.17, 15) is 0 Å². The minimum atomic E-state index is -2.35. The molecule has 0 aliphatic heterocycles. The van der Waals surface area contributed by atoms with Gasteiger partial charge in [-0.15, -0.1) is 14.8 Å². The highest BCUT2D eigenvalue weighted by Crippen LogP contribution is 2.48. The molecule has 140 valence electrons. The Morgan fingerprint density at radius 2 is 1.14 bits per heavy atom. The molecular weight excluding hydrogens is 379 g/mol. The monoisotopic (exact) mass is 396 g/mol. The molecule has 6 nitrogen and oxygen atoms in total. The van der Waals surface area contributed by atoms with E-state index in [0.717, 1.165) is 15.9 Å². The van der Waals surface area contributed by atoms with Gasteiger partial charge in [-0.1, -0.05) is 91.0 Å². The summed E-state index contributed by atoms with van der Waals surface area (Å²) in [5, 5.41) is 19.6. The van der Waals surface area contributed by atoms with Crippen molar-refractivity contribution in [3.8, 4) is 0 Å². The van der Waals surface area contributed by atoms with E-state index in [1.54, 1.807) is 0 Å². The van der Waals surface area contributed by atoms with E-state index in [2.05, 4.69) is 93.4 Å². The summed E-state index contributed by atoms with van der Waals surface area (Å²) in [6, 6.07) is 35.0. The third kappa shape index (κ3) is 3.13. The number of tetrazole rings is 1. The summed E-state index contributed by atoms with van der Waals surface area (Å²) in [5.74, 6) is 0.592. The van der Waals surface area contributed by atoms with E-state index in [0.29, 0.717) is 11.5 Å². The first-order chi connectivity index (χ1) is 14.4. The fourth-order valence-corrected chi connectivity index (χ4v) is 6.86. The number of aromatic nitrogens is 5. The second-order valence-electron chi connectivity index (χ2n) is 6.46. The maximum atomic E-state index is 5.31. The third-order valence-corrected chi connectivity index (χ3v) is 8.34. The molecule has 0 aliphatic rings. The van der Waals surface area contributed by atoms with E-state index in [-0.39, 0.29) is 0 Å². The molecule has 3 aromatic carbocycles. The smallest absolute Gasteiger partial charge is 0.200 e. The lowest BCUT2D eigenvalue weighted by Crippen LogP contribution is -2.25. The molecule has 0 amide bonds. The fourth-order valence-electron chi connectivity index (χ4n) is 3.40. The first kappa shape index (κ1) is 17.5. The minimum Gasteiger partial charge on any atom is -0.233 e. The van der Waals surface area contributed by atoms with Gasteiger partial charge in [-0.3, -0.25) is 0 Å². The van der Waals surface area contributed by atoms with Gasteiger partial charge < -0.3 is 0 Å². The normalized spacial score (nSPS) is 11.4. The van der Waals surface area contributed by atoms with E-state index in [4.69, 9.17) is 4.74 Å². The van der Waals surface area contributed by atoms with Crippen molar-refractivity contribution in [2.24, 2.45) is 4.74 Å². The molecule has 0 spiro atoms. The van der Waals surface area contributed by atoms with E-state index >= 15 is 0 Å². The number of fused-ring (bicyclic) bond motifs is 1. The highest BCUT2D eigenvalue weighted by atomic mass is 31.2. The van der Waals surface area contributed by atoms with Crippen LogP contribution in [0.4, 0.5) is 5.82 Å². The first-order valence-corrected chi connectivity index (χ1v) is 10.9. The van der Waals surface area contributed by atoms with Crippen molar-refractivity contribution in [1.29, 1.82) is 0 Å². The highest BCUT2D eigenvalue weighted by Gasteiger charge is 2.27. The molecule has 0 aliphatic carbocycles. The number of rotatable bonds is 4. The molecule has 29 heavy (non-hydrogen) atoms. The largest absolute Gasteiger partial charge is 0.233 e. The quantitative estimate of drug-likeness (QED) is 0.437. The zero-order valence-corrected chi connectivity index (χ0v) is 16.3. The standard InChI is InChI=1S/C22H17N6P/c1-4-10-18(11-5-1)29(19-12-6-2-7-13-19,20-14-8-3-9-15-20)25-21-16-17-22-23-26-27-28(22)24-21/h1-17H. The van der Waals surface area contributed by atoms with Crippen LogP contribution >= 0.6 is 7.05 Å². The second kappa shape index (κ2) is 7.41. The topological polar surface area (TPSA) is 68.3 Å². The van der Waals surface area contributed by atoms with E-state index in [1.807, 2.05) is 30.3 Å². The van der Waals surface area contributed by atoms with E-state index in [1.165, 1.54) is 4.63 Å². The molecule has 0 atom stereocenters. The number of nitrogens with zero attached hydrogens (tertiary/aromatic N) is 6.